The van der Waals surface area contributed by atoms with E-state index in [-0.39, 0.29) is 46.1 Å². The summed E-state index contributed by atoms with van der Waals surface area (Å²) in [6.45, 7) is 1.15. The van der Waals surface area contributed by atoms with E-state index >= 15 is 0 Å². The van der Waals surface area contributed by atoms with Crippen molar-refractivity contribution in [2.75, 3.05) is 12.8 Å². The van der Waals surface area contributed by atoms with Crippen LogP contribution in [0.25, 0.3) is 33.4 Å². The molecule has 5 rings (SSSR count). The maximum atomic E-state index is 14.0. The number of nitrogen functional groups attached to an aromatic ring is 1. The number of hydrogen-bond donors (Lipinski definition) is 3. The maximum absolute atomic E-state index is 14.0. The Labute approximate surface area is 231 Å². The largest absolute Gasteiger partial charge is 0.496 e. The molecule has 0 aliphatic rings. The molecule has 8 nitrogen and oxygen atoms in total. The third-order valence-electron chi connectivity index (χ3n) is 6.68. The Balaban J connectivity index is 1.52. The lowest BCUT2D eigenvalue weighted by Crippen LogP contribution is -2.23. The monoisotopic (exact) mass is 564 g/mol. The number of anilines is 1. The second-order valence-electron chi connectivity index (χ2n) is 9.28. The van der Waals surface area contributed by atoms with E-state index in [2.05, 4.69) is 25.5 Å². The minimum absolute atomic E-state index is 0.0467. The second-order valence-corrected chi connectivity index (χ2v) is 9.28. The van der Waals surface area contributed by atoms with Crippen LogP contribution in [0.3, 0.4) is 0 Å². The van der Waals surface area contributed by atoms with Gasteiger partial charge in [-0.15, -0.1) is 0 Å². The van der Waals surface area contributed by atoms with Crippen LogP contribution in [0, 0.1) is 5.82 Å². The van der Waals surface area contributed by atoms with E-state index in [9.17, 15) is 22.4 Å². The summed E-state index contributed by atoms with van der Waals surface area (Å²) in [5.74, 6) is -2.72. The van der Waals surface area contributed by atoms with Crippen LogP contribution in [0.15, 0.2) is 66.9 Å². The number of aromatic nitrogens is 4. The van der Waals surface area contributed by atoms with E-state index in [0.717, 1.165) is 13.0 Å². The number of nitrogens with one attached hydrogen (secondary N) is 2. The third kappa shape index (κ3) is 5.40. The van der Waals surface area contributed by atoms with E-state index in [1.165, 1.54) is 25.4 Å². The summed E-state index contributed by atoms with van der Waals surface area (Å²) in [5.41, 5.74) is 8.15. The smallest absolute Gasteiger partial charge is 0.397 e. The van der Waals surface area contributed by atoms with Crippen molar-refractivity contribution in [1.29, 1.82) is 0 Å². The highest BCUT2D eigenvalue weighted by molar-refractivity contribution is 6.06. The van der Waals surface area contributed by atoms with Crippen LogP contribution in [-0.2, 0) is 6.54 Å². The SMILES string of the molecule is COc1ccc(F)cc1C(=O)NCc1ccc(-c2nc(C(C)C(F)(F)F)c(-c3ccccn3)c3[nH]nc(N)c23)cc1. The zero-order valence-electron chi connectivity index (χ0n) is 21.9. The zero-order chi connectivity index (χ0) is 29.3. The quantitative estimate of drug-likeness (QED) is 0.208. The highest BCUT2D eigenvalue weighted by Crippen LogP contribution is 2.43. The fourth-order valence-corrected chi connectivity index (χ4v) is 4.50. The van der Waals surface area contributed by atoms with Crippen LogP contribution < -0.4 is 15.8 Å². The van der Waals surface area contributed by atoms with Crippen molar-refractivity contribution in [3.05, 3.63) is 89.5 Å². The number of ether oxygens (including phenoxy) is 1. The van der Waals surface area contributed by atoms with Gasteiger partial charge >= 0.3 is 6.18 Å². The fraction of sp³-hybridized carbons (Fsp3) is 0.172. The molecule has 0 aliphatic carbocycles. The third-order valence-corrected chi connectivity index (χ3v) is 6.68. The van der Waals surface area contributed by atoms with Gasteiger partial charge in [-0.2, -0.15) is 18.3 Å². The first-order chi connectivity index (χ1) is 19.6. The minimum Gasteiger partial charge on any atom is -0.496 e. The second kappa shape index (κ2) is 10.9. The maximum Gasteiger partial charge on any atom is 0.397 e. The van der Waals surface area contributed by atoms with Crippen molar-refractivity contribution in [3.8, 4) is 28.3 Å². The van der Waals surface area contributed by atoms with E-state index in [0.29, 0.717) is 22.2 Å². The number of fused-ring (bicyclic) bond motifs is 1. The fourth-order valence-electron chi connectivity index (χ4n) is 4.50. The molecule has 5 aromatic rings. The Morgan fingerprint density at radius 1 is 1.12 bits per heavy atom. The van der Waals surface area contributed by atoms with Crippen LogP contribution in [0.5, 0.6) is 5.75 Å². The van der Waals surface area contributed by atoms with Gasteiger partial charge in [0.2, 0.25) is 0 Å². The summed E-state index contributed by atoms with van der Waals surface area (Å²) in [5, 5.41) is 9.92. The van der Waals surface area contributed by atoms with Crippen molar-refractivity contribution in [3.63, 3.8) is 0 Å². The van der Waals surface area contributed by atoms with Crippen molar-refractivity contribution in [1.82, 2.24) is 25.5 Å². The van der Waals surface area contributed by atoms with Gasteiger partial charge in [0.15, 0.2) is 5.82 Å². The molecule has 12 heteroatoms. The molecule has 1 amide bonds. The number of nitrogens with zero attached hydrogens (tertiary/aromatic N) is 3. The van der Waals surface area contributed by atoms with Gasteiger partial charge in [0.1, 0.15) is 11.6 Å². The molecule has 0 spiro atoms. The molecule has 3 heterocycles. The lowest BCUT2D eigenvalue weighted by Gasteiger charge is -2.20. The van der Waals surface area contributed by atoms with Crippen molar-refractivity contribution < 1.29 is 27.1 Å². The number of nitrogens with two attached hydrogens (primary N) is 1. The lowest BCUT2D eigenvalue weighted by molar-refractivity contribution is -0.146. The van der Waals surface area contributed by atoms with Crippen molar-refractivity contribution in [2.45, 2.75) is 25.6 Å². The molecule has 0 radical (unpaired) electrons. The molecule has 0 saturated carbocycles. The topological polar surface area (TPSA) is 119 Å². The molecular formula is C29H24F4N6O2. The van der Waals surface area contributed by atoms with E-state index in [1.54, 1.807) is 42.5 Å². The number of benzene rings is 2. The number of aromatic amines is 1. The predicted octanol–water partition coefficient (Wildman–Crippen LogP) is 6.01. The minimum atomic E-state index is -4.57. The van der Waals surface area contributed by atoms with Crippen LogP contribution in [0.2, 0.25) is 0 Å². The van der Waals surface area contributed by atoms with Crippen LogP contribution in [0.1, 0.15) is 34.5 Å². The predicted molar refractivity (Wildman–Crippen MR) is 146 cm³/mol. The first-order valence-electron chi connectivity index (χ1n) is 12.4. The lowest BCUT2D eigenvalue weighted by atomic mass is 9.94. The molecule has 1 unspecified atom stereocenters. The molecule has 210 valence electrons. The van der Waals surface area contributed by atoms with Gasteiger partial charge in [0, 0.05) is 23.9 Å². The molecule has 0 saturated heterocycles. The van der Waals surface area contributed by atoms with Crippen LogP contribution in [-0.4, -0.2) is 39.4 Å². The molecular weight excluding hydrogens is 540 g/mol. The number of carbonyl (C=O) groups excluding carboxylic acids is 1. The summed E-state index contributed by atoms with van der Waals surface area (Å²) < 4.78 is 60.8. The zero-order valence-corrected chi connectivity index (χ0v) is 21.9. The highest BCUT2D eigenvalue weighted by Gasteiger charge is 2.41. The number of alkyl halides is 3. The average Bonchev–Trinajstić information content (AvgIpc) is 3.36. The van der Waals surface area contributed by atoms with Crippen molar-refractivity contribution >= 4 is 22.6 Å². The summed E-state index contributed by atoms with van der Waals surface area (Å²) in [7, 11) is 1.38. The van der Waals surface area contributed by atoms with E-state index < -0.39 is 23.8 Å². The van der Waals surface area contributed by atoms with E-state index in [1.807, 2.05) is 0 Å². The Bertz CT molecular complexity index is 1720. The Morgan fingerprint density at radius 3 is 2.54 bits per heavy atom. The molecule has 2 aromatic carbocycles. The standard InChI is InChI=1S/C29H24F4N6O2/c1-15(29(31,32)33)24-22(20-5-3-4-12-35-20)26-23(27(34)39-38-26)25(37-24)17-8-6-16(7-9-17)14-36-28(40)19-13-18(30)10-11-21(19)41-2/h3-13,15H,14H2,1-2H3,(H,36,40)(H3,34,38,39). The highest BCUT2D eigenvalue weighted by atomic mass is 19.4. The van der Waals surface area contributed by atoms with Gasteiger partial charge in [-0.1, -0.05) is 30.3 Å². The average molecular weight is 565 g/mol. The number of hydrogen-bond acceptors (Lipinski definition) is 6. The summed E-state index contributed by atoms with van der Waals surface area (Å²) in [4.78, 5) is 21.4. The number of carbonyl (C=O) groups is 1. The molecule has 4 N–H and O–H groups in total. The van der Waals surface area contributed by atoms with Gasteiger partial charge < -0.3 is 15.8 Å². The molecule has 3 aromatic heterocycles. The van der Waals surface area contributed by atoms with Gasteiger partial charge in [-0.25, -0.2) is 4.39 Å². The molecule has 0 aliphatic heterocycles. The number of methoxy groups -OCH3 is 1. The first kappa shape index (κ1) is 27.6. The Morgan fingerprint density at radius 2 is 1.88 bits per heavy atom. The molecule has 0 bridgehead atoms. The molecule has 41 heavy (non-hydrogen) atoms. The number of H-pyrrole nitrogens is 1. The van der Waals surface area contributed by atoms with Crippen LogP contribution >= 0.6 is 0 Å². The van der Waals surface area contributed by atoms with Crippen molar-refractivity contribution in [2.24, 2.45) is 0 Å². The first-order valence-corrected chi connectivity index (χ1v) is 12.4. The Hall–Kier alpha value is -5.00. The summed E-state index contributed by atoms with van der Waals surface area (Å²) >= 11 is 0. The number of pyridine rings is 2. The molecule has 0 fully saturated rings. The van der Waals surface area contributed by atoms with Crippen LogP contribution in [0.4, 0.5) is 23.4 Å². The number of rotatable bonds is 7. The van der Waals surface area contributed by atoms with Gasteiger partial charge in [0.05, 0.1) is 46.6 Å². The summed E-state index contributed by atoms with van der Waals surface area (Å²) in [6, 6.07) is 15.3. The summed E-state index contributed by atoms with van der Waals surface area (Å²) in [6.07, 6.45) is -3.09. The van der Waals surface area contributed by atoms with Gasteiger partial charge in [0.25, 0.3) is 5.91 Å². The number of halogens is 4. The normalized spacial score (nSPS) is 12.3. The molecule has 1 atom stereocenters. The van der Waals surface area contributed by atoms with E-state index in [4.69, 9.17) is 10.5 Å². The van der Waals surface area contributed by atoms with Gasteiger partial charge in [-0.3, -0.25) is 19.9 Å². The number of amides is 1. The van der Waals surface area contributed by atoms with Gasteiger partial charge in [-0.05, 0) is 42.8 Å². The Kier molecular flexibility index (Phi) is 7.31.